The number of methoxy groups -OCH3 is 1. The molecule has 1 rings (SSSR count). The summed E-state index contributed by atoms with van der Waals surface area (Å²) in [6.07, 6.45) is 1.01. The summed E-state index contributed by atoms with van der Waals surface area (Å²) in [6, 6.07) is 0. The van der Waals surface area contributed by atoms with Crippen LogP contribution in [0, 0.1) is 10.1 Å². The summed E-state index contributed by atoms with van der Waals surface area (Å²) in [4.78, 5) is 20.1. The molecule has 0 saturated heterocycles. The molecular formula is C6H7N3O5. The molecule has 0 unspecified atom stereocenters. The molecule has 1 aromatic heterocycles. The molecule has 8 nitrogen and oxygen atoms in total. The van der Waals surface area contributed by atoms with Crippen molar-refractivity contribution in [3.63, 3.8) is 0 Å². The Labute approximate surface area is 77.9 Å². The van der Waals surface area contributed by atoms with Crippen LogP contribution in [0.5, 0.6) is 0 Å². The number of carbonyl (C=O) groups is 1. The van der Waals surface area contributed by atoms with Crippen LogP contribution in [0.3, 0.4) is 0 Å². The number of aromatic nitrogens is 2. The molecular weight excluding hydrogens is 194 g/mol. The summed E-state index contributed by atoms with van der Waals surface area (Å²) in [5, 5.41) is 22.4. The Bertz CT molecular complexity index is 340. The first-order valence-electron chi connectivity index (χ1n) is 3.50. The van der Waals surface area contributed by atoms with E-state index < -0.39 is 22.3 Å². The summed E-state index contributed by atoms with van der Waals surface area (Å²) in [6.45, 7) is -0.0336. The molecule has 0 amide bonds. The molecule has 1 aromatic rings. The number of nitrogens with zero attached hydrogens (tertiary/aromatic N) is 3. The lowest BCUT2D eigenvalue weighted by atomic mass is 10.4. The monoisotopic (exact) mass is 201 g/mol. The van der Waals surface area contributed by atoms with Crippen LogP contribution in [0.1, 0.15) is 10.5 Å². The van der Waals surface area contributed by atoms with Crippen molar-refractivity contribution in [1.82, 2.24) is 9.78 Å². The van der Waals surface area contributed by atoms with Gasteiger partial charge in [-0.3, -0.25) is 10.1 Å². The second-order valence-corrected chi connectivity index (χ2v) is 2.38. The van der Waals surface area contributed by atoms with E-state index in [2.05, 4.69) is 9.84 Å². The Hall–Kier alpha value is -1.96. The molecule has 76 valence electrons. The van der Waals surface area contributed by atoms with Crippen LogP contribution in [-0.2, 0) is 11.5 Å². The summed E-state index contributed by atoms with van der Waals surface area (Å²) in [7, 11) is 1.37. The van der Waals surface area contributed by atoms with Crippen LogP contribution in [0.4, 0.5) is 5.69 Å². The minimum absolute atomic E-state index is 0.0336. The number of rotatable bonds is 4. The number of nitro groups is 1. The fourth-order valence-electron chi connectivity index (χ4n) is 0.895. The van der Waals surface area contributed by atoms with Crippen LogP contribution < -0.4 is 0 Å². The molecule has 8 heteroatoms. The molecule has 1 heterocycles. The van der Waals surface area contributed by atoms with Gasteiger partial charge in [0.05, 0.1) is 4.92 Å². The molecule has 0 aliphatic carbocycles. The van der Waals surface area contributed by atoms with Gasteiger partial charge in [0, 0.05) is 7.11 Å². The second-order valence-electron chi connectivity index (χ2n) is 2.38. The minimum Gasteiger partial charge on any atom is -0.476 e. The van der Waals surface area contributed by atoms with Gasteiger partial charge < -0.3 is 9.84 Å². The van der Waals surface area contributed by atoms with Crippen LogP contribution >= 0.6 is 0 Å². The Morgan fingerprint density at radius 2 is 2.50 bits per heavy atom. The zero-order valence-corrected chi connectivity index (χ0v) is 7.21. The SMILES string of the molecule is COCn1cc([N+](=O)[O-])c(C(=O)O)n1. The Morgan fingerprint density at radius 3 is 2.86 bits per heavy atom. The Balaban J connectivity index is 3.12. The summed E-state index contributed by atoms with van der Waals surface area (Å²) < 4.78 is 5.68. The van der Waals surface area contributed by atoms with E-state index in [4.69, 9.17) is 5.11 Å². The fourth-order valence-corrected chi connectivity index (χ4v) is 0.895. The van der Waals surface area contributed by atoms with Crippen molar-refractivity contribution in [2.24, 2.45) is 0 Å². The van der Waals surface area contributed by atoms with Gasteiger partial charge in [0.2, 0.25) is 5.69 Å². The first kappa shape index (κ1) is 10.1. The maximum Gasteiger partial charge on any atom is 0.363 e. The molecule has 0 aliphatic heterocycles. The summed E-state index contributed by atoms with van der Waals surface area (Å²) in [5.74, 6) is -1.44. The largest absolute Gasteiger partial charge is 0.476 e. The van der Waals surface area contributed by atoms with Crippen molar-refractivity contribution in [2.45, 2.75) is 6.73 Å². The van der Waals surface area contributed by atoms with Gasteiger partial charge in [-0.2, -0.15) is 5.10 Å². The molecule has 0 radical (unpaired) electrons. The predicted molar refractivity (Wildman–Crippen MR) is 42.8 cm³/mol. The van der Waals surface area contributed by atoms with E-state index in [-0.39, 0.29) is 6.73 Å². The van der Waals surface area contributed by atoms with Gasteiger partial charge in [0.25, 0.3) is 0 Å². The zero-order chi connectivity index (χ0) is 10.7. The third-order valence-electron chi connectivity index (χ3n) is 1.40. The van der Waals surface area contributed by atoms with Crippen molar-refractivity contribution in [2.75, 3.05) is 7.11 Å². The van der Waals surface area contributed by atoms with Gasteiger partial charge in [0.15, 0.2) is 0 Å². The van der Waals surface area contributed by atoms with Crippen molar-refractivity contribution in [3.8, 4) is 0 Å². The highest BCUT2D eigenvalue weighted by Crippen LogP contribution is 2.16. The van der Waals surface area contributed by atoms with Crippen LogP contribution in [0.25, 0.3) is 0 Å². The van der Waals surface area contributed by atoms with E-state index in [1.54, 1.807) is 0 Å². The van der Waals surface area contributed by atoms with Crippen LogP contribution in [-0.4, -0.2) is 32.9 Å². The quantitative estimate of drug-likeness (QED) is 0.546. The Kier molecular flexibility index (Phi) is 2.77. The molecule has 0 atom stereocenters. The van der Waals surface area contributed by atoms with Gasteiger partial charge in [-0.15, -0.1) is 0 Å². The summed E-state index contributed by atoms with van der Waals surface area (Å²) >= 11 is 0. The van der Waals surface area contributed by atoms with E-state index in [0.717, 1.165) is 10.9 Å². The van der Waals surface area contributed by atoms with Crippen molar-refractivity contribution < 1.29 is 19.6 Å². The zero-order valence-electron chi connectivity index (χ0n) is 7.21. The molecule has 0 spiro atoms. The number of carboxylic acids is 1. The first-order chi connectivity index (χ1) is 6.56. The number of hydrogen-bond donors (Lipinski definition) is 1. The number of hydrogen-bond acceptors (Lipinski definition) is 5. The van der Waals surface area contributed by atoms with Gasteiger partial charge >= 0.3 is 11.7 Å². The molecule has 1 N–H and O–H groups in total. The number of ether oxygens (including phenoxy) is 1. The predicted octanol–water partition coefficient (Wildman–Crippen LogP) is 0.0934. The van der Waals surface area contributed by atoms with Gasteiger partial charge in [-0.25, -0.2) is 9.48 Å². The maximum absolute atomic E-state index is 10.5. The van der Waals surface area contributed by atoms with Gasteiger partial charge in [-0.1, -0.05) is 0 Å². The third kappa shape index (κ3) is 1.85. The van der Waals surface area contributed by atoms with E-state index >= 15 is 0 Å². The highest BCUT2D eigenvalue weighted by molar-refractivity contribution is 5.89. The summed E-state index contributed by atoms with van der Waals surface area (Å²) in [5.41, 5.74) is -1.14. The van der Waals surface area contributed by atoms with E-state index in [1.165, 1.54) is 7.11 Å². The average molecular weight is 201 g/mol. The lowest BCUT2D eigenvalue weighted by Crippen LogP contribution is -2.04. The Morgan fingerprint density at radius 1 is 1.86 bits per heavy atom. The maximum atomic E-state index is 10.5. The molecule has 0 aromatic carbocycles. The molecule has 0 bridgehead atoms. The smallest absolute Gasteiger partial charge is 0.363 e. The van der Waals surface area contributed by atoms with E-state index in [9.17, 15) is 14.9 Å². The number of aromatic carboxylic acids is 1. The minimum atomic E-state index is -1.44. The standard InChI is InChI=1S/C6H7N3O5/c1-14-3-8-2-4(9(12)13)5(7-8)6(10)11/h2H,3H2,1H3,(H,10,11). The highest BCUT2D eigenvalue weighted by Gasteiger charge is 2.24. The topological polar surface area (TPSA) is 107 Å². The molecule has 0 saturated carbocycles. The van der Waals surface area contributed by atoms with Crippen molar-refractivity contribution in [3.05, 3.63) is 22.0 Å². The molecule has 0 fully saturated rings. The van der Waals surface area contributed by atoms with E-state index in [1.807, 2.05) is 0 Å². The van der Waals surface area contributed by atoms with Crippen molar-refractivity contribution >= 4 is 11.7 Å². The lowest BCUT2D eigenvalue weighted by Gasteiger charge is -1.94. The molecule has 0 aliphatic rings. The van der Waals surface area contributed by atoms with Gasteiger partial charge in [-0.05, 0) is 0 Å². The second kappa shape index (κ2) is 3.83. The average Bonchev–Trinajstić information content (AvgIpc) is 2.49. The number of carboxylic acid groups (broad SMARTS) is 1. The lowest BCUT2D eigenvalue weighted by molar-refractivity contribution is -0.385. The normalized spacial score (nSPS) is 10.1. The van der Waals surface area contributed by atoms with E-state index in [0.29, 0.717) is 0 Å². The third-order valence-corrected chi connectivity index (χ3v) is 1.40. The fraction of sp³-hybridized carbons (Fsp3) is 0.333. The highest BCUT2D eigenvalue weighted by atomic mass is 16.6. The molecule has 14 heavy (non-hydrogen) atoms. The van der Waals surface area contributed by atoms with Crippen LogP contribution in [0.2, 0.25) is 0 Å². The van der Waals surface area contributed by atoms with Crippen molar-refractivity contribution in [1.29, 1.82) is 0 Å². The van der Waals surface area contributed by atoms with Crippen LogP contribution in [0.15, 0.2) is 6.20 Å². The first-order valence-corrected chi connectivity index (χ1v) is 3.50. The van der Waals surface area contributed by atoms with Gasteiger partial charge in [0.1, 0.15) is 12.9 Å².